The van der Waals surface area contributed by atoms with Crippen molar-refractivity contribution in [1.29, 1.82) is 0 Å². The van der Waals surface area contributed by atoms with Crippen molar-refractivity contribution in [3.05, 3.63) is 89.2 Å². The van der Waals surface area contributed by atoms with Crippen molar-refractivity contribution in [2.24, 2.45) is 0 Å². The summed E-state index contributed by atoms with van der Waals surface area (Å²) in [5.74, 6) is 2.48. The van der Waals surface area contributed by atoms with Gasteiger partial charge in [-0.2, -0.15) is 0 Å². The van der Waals surface area contributed by atoms with Crippen LogP contribution in [0.5, 0.6) is 11.5 Å². The minimum Gasteiger partial charge on any atom is -0.497 e. The normalized spacial score (nSPS) is 10.9. The van der Waals surface area contributed by atoms with Crippen LogP contribution in [-0.2, 0) is 13.0 Å². The Labute approximate surface area is 200 Å². The lowest BCUT2D eigenvalue weighted by molar-refractivity contribution is 0.0953. The Balaban J connectivity index is 1.37. The Bertz CT molecular complexity index is 1280. The lowest BCUT2D eigenvalue weighted by atomic mass is 10.1. The molecule has 0 bridgehead atoms. The van der Waals surface area contributed by atoms with Gasteiger partial charge in [0.15, 0.2) is 0 Å². The second-order valence-corrected chi connectivity index (χ2v) is 8.38. The first kappa shape index (κ1) is 23.4. The molecule has 1 heterocycles. The van der Waals surface area contributed by atoms with E-state index in [2.05, 4.69) is 41.9 Å². The first-order valence-electron chi connectivity index (χ1n) is 11.6. The van der Waals surface area contributed by atoms with E-state index in [0.29, 0.717) is 31.0 Å². The summed E-state index contributed by atoms with van der Waals surface area (Å²) < 4.78 is 13.5. The second kappa shape index (κ2) is 10.9. The van der Waals surface area contributed by atoms with Crippen LogP contribution in [0.4, 0.5) is 0 Å². The molecule has 176 valence electrons. The molecule has 6 heteroatoms. The largest absolute Gasteiger partial charge is 0.497 e. The molecule has 0 fully saturated rings. The van der Waals surface area contributed by atoms with Crippen LogP contribution in [0.2, 0.25) is 0 Å². The minimum atomic E-state index is -0.103. The standard InChI is InChI=1S/C28H31N3O3/c1-20-13-14-26(21(2)18-20)34-17-16-31-25-11-5-4-10-24(25)30-27(31)12-7-15-29-28(32)22-8-6-9-23(19-22)33-3/h4-6,8-11,13-14,18-19H,7,12,15-17H2,1-3H3,(H,29,32). The van der Waals surface area contributed by atoms with E-state index in [9.17, 15) is 4.79 Å². The SMILES string of the molecule is COc1cccc(C(=O)NCCCc2nc3ccccc3n2CCOc2ccc(C)cc2C)c1. The molecule has 4 aromatic rings. The third-order valence-electron chi connectivity index (χ3n) is 5.83. The zero-order valence-electron chi connectivity index (χ0n) is 20.0. The fourth-order valence-corrected chi connectivity index (χ4v) is 4.09. The highest BCUT2D eigenvalue weighted by Gasteiger charge is 2.12. The van der Waals surface area contributed by atoms with Crippen LogP contribution >= 0.6 is 0 Å². The molecule has 34 heavy (non-hydrogen) atoms. The van der Waals surface area contributed by atoms with Crippen LogP contribution in [-0.4, -0.2) is 35.7 Å². The average molecular weight is 458 g/mol. The van der Waals surface area contributed by atoms with Gasteiger partial charge in [-0.05, 0) is 62.2 Å². The van der Waals surface area contributed by atoms with Crippen molar-refractivity contribution in [3.8, 4) is 11.5 Å². The van der Waals surface area contributed by atoms with Gasteiger partial charge in [0.1, 0.15) is 23.9 Å². The number of para-hydroxylation sites is 2. The summed E-state index contributed by atoms with van der Waals surface area (Å²) in [6, 6.07) is 21.6. The molecular formula is C28H31N3O3. The van der Waals surface area contributed by atoms with Gasteiger partial charge in [-0.25, -0.2) is 4.98 Å². The molecule has 0 aliphatic heterocycles. The maximum absolute atomic E-state index is 12.5. The number of hydrogen-bond donors (Lipinski definition) is 1. The van der Waals surface area contributed by atoms with Crippen LogP contribution in [0, 0.1) is 13.8 Å². The van der Waals surface area contributed by atoms with Crippen molar-refractivity contribution < 1.29 is 14.3 Å². The predicted molar refractivity (Wildman–Crippen MR) is 135 cm³/mol. The van der Waals surface area contributed by atoms with E-state index in [4.69, 9.17) is 14.5 Å². The zero-order valence-corrected chi connectivity index (χ0v) is 20.0. The van der Waals surface area contributed by atoms with Gasteiger partial charge in [-0.3, -0.25) is 4.79 Å². The van der Waals surface area contributed by atoms with E-state index in [1.54, 1.807) is 19.2 Å². The van der Waals surface area contributed by atoms with Gasteiger partial charge in [0.25, 0.3) is 5.91 Å². The van der Waals surface area contributed by atoms with Gasteiger partial charge in [-0.1, -0.05) is 35.9 Å². The molecule has 0 atom stereocenters. The molecule has 1 amide bonds. The average Bonchev–Trinajstić information content (AvgIpc) is 3.20. The summed E-state index contributed by atoms with van der Waals surface area (Å²) in [5.41, 5.74) is 5.04. The van der Waals surface area contributed by atoms with Gasteiger partial charge in [-0.15, -0.1) is 0 Å². The van der Waals surface area contributed by atoms with Crippen molar-refractivity contribution in [1.82, 2.24) is 14.9 Å². The summed E-state index contributed by atoms with van der Waals surface area (Å²) in [6.45, 7) is 5.99. The molecule has 1 N–H and O–H groups in total. The highest BCUT2D eigenvalue weighted by molar-refractivity contribution is 5.94. The summed E-state index contributed by atoms with van der Waals surface area (Å²) in [6.07, 6.45) is 1.55. The maximum atomic E-state index is 12.5. The monoisotopic (exact) mass is 457 g/mol. The van der Waals surface area contributed by atoms with Crippen LogP contribution in [0.1, 0.15) is 33.7 Å². The Morgan fingerprint density at radius 2 is 1.88 bits per heavy atom. The molecule has 0 spiro atoms. The lowest BCUT2D eigenvalue weighted by Gasteiger charge is -2.13. The van der Waals surface area contributed by atoms with Gasteiger partial charge in [0, 0.05) is 18.5 Å². The second-order valence-electron chi connectivity index (χ2n) is 8.38. The number of nitrogens with one attached hydrogen (secondary N) is 1. The number of carbonyl (C=O) groups excluding carboxylic acids is 1. The Morgan fingerprint density at radius 3 is 2.71 bits per heavy atom. The molecule has 0 aliphatic carbocycles. The third kappa shape index (κ3) is 5.57. The first-order chi connectivity index (χ1) is 16.5. The number of aryl methyl sites for hydroxylation is 3. The number of aromatic nitrogens is 2. The molecule has 0 unspecified atom stereocenters. The number of nitrogens with zero attached hydrogens (tertiary/aromatic N) is 2. The first-order valence-corrected chi connectivity index (χ1v) is 11.6. The maximum Gasteiger partial charge on any atom is 0.251 e. The number of rotatable bonds is 10. The molecule has 0 saturated carbocycles. The number of fused-ring (bicyclic) bond motifs is 1. The number of amides is 1. The third-order valence-corrected chi connectivity index (χ3v) is 5.83. The summed E-state index contributed by atoms with van der Waals surface area (Å²) in [5, 5.41) is 2.99. The van der Waals surface area contributed by atoms with Crippen molar-refractivity contribution >= 4 is 16.9 Å². The number of benzene rings is 3. The fraction of sp³-hybridized carbons (Fsp3) is 0.286. The smallest absolute Gasteiger partial charge is 0.251 e. The molecule has 0 aliphatic rings. The summed E-state index contributed by atoms with van der Waals surface area (Å²) >= 11 is 0. The van der Waals surface area contributed by atoms with E-state index < -0.39 is 0 Å². The topological polar surface area (TPSA) is 65.4 Å². The number of imidazole rings is 1. The molecule has 0 saturated heterocycles. The van der Waals surface area contributed by atoms with E-state index >= 15 is 0 Å². The van der Waals surface area contributed by atoms with Crippen molar-refractivity contribution in [2.75, 3.05) is 20.3 Å². The van der Waals surface area contributed by atoms with E-state index in [-0.39, 0.29) is 5.91 Å². The van der Waals surface area contributed by atoms with Gasteiger partial charge in [0.05, 0.1) is 24.7 Å². The van der Waals surface area contributed by atoms with E-state index in [1.165, 1.54) is 5.56 Å². The molecule has 1 aromatic heterocycles. The number of hydrogen-bond acceptors (Lipinski definition) is 4. The summed E-state index contributed by atoms with van der Waals surface area (Å²) in [7, 11) is 1.59. The van der Waals surface area contributed by atoms with Crippen LogP contribution in [0.25, 0.3) is 11.0 Å². The van der Waals surface area contributed by atoms with Gasteiger partial charge in [0.2, 0.25) is 0 Å². The Hall–Kier alpha value is -3.80. The Kier molecular flexibility index (Phi) is 7.48. The van der Waals surface area contributed by atoms with Crippen molar-refractivity contribution in [2.45, 2.75) is 33.2 Å². The van der Waals surface area contributed by atoms with Gasteiger partial charge >= 0.3 is 0 Å². The van der Waals surface area contributed by atoms with E-state index in [0.717, 1.165) is 41.0 Å². The minimum absolute atomic E-state index is 0.103. The van der Waals surface area contributed by atoms with E-state index in [1.807, 2.05) is 36.4 Å². The number of carbonyl (C=O) groups is 1. The summed E-state index contributed by atoms with van der Waals surface area (Å²) in [4.78, 5) is 17.3. The fourth-order valence-electron chi connectivity index (χ4n) is 4.09. The molecule has 4 rings (SSSR count). The Morgan fingerprint density at radius 1 is 1.03 bits per heavy atom. The molecular weight excluding hydrogens is 426 g/mol. The predicted octanol–water partition coefficient (Wildman–Crippen LogP) is 5.10. The lowest BCUT2D eigenvalue weighted by Crippen LogP contribution is -2.25. The van der Waals surface area contributed by atoms with Crippen LogP contribution < -0.4 is 14.8 Å². The number of ether oxygens (including phenoxy) is 2. The van der Waals surface area contributed by atoms with Crippen LogP contribution in [0.15, 0.2) is 66.7 Å². The number of methoxy groups -OCH3 is 1. The highest BCUT2D eigenvalue weighted by Crippen LogP contribution is 2.20. The molecule has 0 radical (unpaired) electrons. The highest BCUT2D eigenvalue weighted by atomic mass is 16.5. The molecule has 3 aromatic carbocycles. The zero-order chi connectivity index (χ0) is 23.9. The van der Waals surface area contributed by atoms with Crippen molar-refractivity contribution in [3.63, 3.8) is 0 Å². The quantitative estimate of drug-likeness (QED) is 0.336. The van der Waals surface area contributed by atoms with Crippen LogP contribution in [0.3, 0.4) is 0 Å². The van der Waals surface area contributed by atoms with Gasteiger partial charge < -0.3 is 19.4 Å². The molecule has 6 nitrogen and oxygen atoms in total.